The van der Waals surface area contributed by atoms with Crippen molar-refractivity contribution in [3.05, 3.63) is 47.1 Å². The number of nitrogens with one attached hydrogen (secondary N) is 1. The molecule has 0 amide bonds. The number of nitrogens with two attached hydrogens (primary N) is 1. The van der Waals surface area contributed by atoms with E-state index >= 15 is 0 Å². The van der Waals surface area contributed by atoms with Crippen LogP contribution in [0, 0.1) is 6.92 Å². The van der Waals surface area contributed by atoms with E-state index in [0.717, 1.165) is 17.2 Å². The number of hydrogen-bond acceptors (Lipinski definition) is 2. The lowest BCUT2D eigenvalue weighted by molar-refractivity contribution is -0.958. The molecule has 1 saturated heterocycles. The van der Waals surface area contributed by atoms with Crippen LogP contribution in [0.4, 0.5) is 0 Å². The molecule has 1 aliphatic rings. The molecule has 0 unspecified atom stereocenters. The lowest BCUT2D eigenvalue weighted by Crippen LogP contribution is -3.19. The van der Waals surface area contributed by atoms with Crippen LogP contribution in [0.1, 0.15) is 11.3 Å². The van der Waals surface area contributed by atoms with Gasteiger partial charge >= 0.3 is 0 Å². The first-order valence-electron chi connectivity index (χ1n) is 7.98. The van der Waals surface area contributed by atoms with Gasteiger partial charge < -0.3 is 10.2 Å². The summed E-state index contributed by atoms with van der Waals surface area (Å²) in [4.78, 5) is 7.67. The number of thiazole rings is 1. The Bertz CT molecular complexity index is 766. The summed E-state index contributed by atoms with van der Waals surface area (Å²) >= 11 is 1.72. The fraction of sp³-hybridized carbons (Fsp3) is 0.353. The minimum atomic E-state index is 1.06. The van der Waals surface area contributed by atoms with Crippen molar-refractivity contribution in [1.82, 2.24) is 9.38 Å². The van der Waals surface area contributed by atoms with E-state index < -0.39 is 0 Å². The van der Waals surface area contributed by atoms with E-state index in [4.69, 9.17) is 4.98 Å². The zero-order chi connectivity index (χ0) is 14.9. The Kier molecular flexibility index (Phi) is 3.70. The lowest BCUT2D eigenvalue weighted by atomic mass is 10.1. The topological polar surface area (TPSA) is 38.4 Å². The molecule has 3 aromatic rings. The lowest BCUT2D eigenvalue weighted by Gasteiger charge is -2.22. The van der Waals surface area contributed by atoms with E-state index in [2.05, 4.69) is 52.5 Å². The molecule has 0 radical (unpaired) electrons. The summed E-state index contributed by atoms with van der Waals surface area (Å²) in [6.07, 6.45) is 2.16. The quantitative estimate of drug-likeness (QED) is 0.719. The zero-order valence-electron chi connectivity index (χ0n) is 12.9. The number of nitrogens with zero attached hydrogens (tertiary/aromatic N) is 2. The minimum Gasteiger partial charge on any atom is -0.337 e. The minimum absolute atomic E-state index is 1.06. The van der Waals surface area contributed by atoms with E-state index in [9.17, 15) is 0 Å². The van der Waals surface area contributed by atoms with Crippen molar-refractivity contribution in [3.63, 3.8) is 0 Å². The number of piperazine rings is 1. The fourth-order valence-electron chi connectivity index (χ4n) is 3.24. The summed E-state index contributed by atoms with van der Waals surface area (Å²) in [5, 5.41) is 4.55. The van der Waals surface area contributed by atoms with Crippen LogP contribution in [0.25, 0.3) is 16.2 Å². The monoisotopic (exact) mass is 314 g/mol. The molecular formula is C17H22N4S+2. The normalized spacial score (nSPS) is 16.4. The van der Waals surface area contributed by atoms with Crippen molar-refractivity contribution in [2.45, 2.75) is 13.5 Å². The summed E-state index contributed by atoms with van der Waals surface area (Å²) in [5.74, 6) is 0. The number of hydrogen-bond donors (Lipinski definition) is 2. The summed E-state index contributed by atoms with van der Waals surface area (Å²) in [6.45, 7) is 8.15. The molecule has 114 valence electrons. The molecule has 0 saturated carbocycles. The molecule has 0 atom stereocenters. The molecule has 1 fully saturated rings. The Morgan fingerprint density at radius 3 is 2.77 bits per heavy atom. The standard InChI is InChI=1S/C17H20N4S/c1-13-2-4-14(5-3-13)16-15(12-20-8-6-18-7-9-20)21-10-11-22-17(21)19-16/h2-5,10-11,18H,6-9,12H2,1H3/p+2. The number of quaternary nitrogens is 2. The molecule has 2 aromatic heterocycles. The molecule has 22 heavy (non-hydrogen) atoms. The predicted molar refractivity (Wildman–Crippen MR) is 89.3 cm³/mol. The van der Waals surface area contributed by atoms with Gasteiger partial charge in [0.2, 0.25) is 0 Å². The van der Waals surface area contributed by atoms with Crippen molar-refractivity contribution < 1.29 is 10.2 Å². The second kappa shape index (κ2) is 5.83. The number of aromatic nitrogens is 2. The van der Waals surface area contributed by atoms with E-state index in [1.54, 1.807) is 16.2 Å². The highest BCUT2D eigenvalue weighted by Gasteiger charge is 2.22. The SMILES string of the molecule is Cc1ccc(-c2nc3sccn3c2C[NH+]2CC[NH2+]CC2)cc1. The Morgan fingerprint density at radius 1 is 1.23 bits per heavy atom. The molecule has 5 heteroatoms. The summed E-state index contributed by atoms with van der Waals surface area (Å²) in [5.41, 5.74) is 5.05. The van der Waals surface area contributed by atoms with E-state index in [0.29, 0.717) is 0 Å². The van der Waals surface area contributed by atoms with Crippen LogP contribution in [-0.2, 0) is 6.54 Å². The maximum absolute atomic E-state index is 4.90. The molecule has 0 aliphatic carbocycles. The number of rotatable bonds is 3. The van der Waals surface area contributed by atoms with Crippen molar-refractivity contribution in [2.75, 3.05) is 26.2 Å². The number of fused-ring (bicyclic) bond motifs is 1. The van der Waals surface area contributed by atoms with Gasteiger partial charge in [0.05, 0.1) is 5.69 Å². The van der Waals surface area contributed by atoms with E-state index in [-0.39, 0.29) is 0 Å². The highest BCUT2D eigenvalue weighted by Crippen LogP contribution is 2.26. The van der Waals surface area contributed by atoms with Crippen LogP contribution in [0.3, 0.4) is 0 Å². The van der Waals surface area contributed by atoms with Crippen molar-refractivity contribution >= 4 is 16.3 Å². The smallest absolute Gasteiger partial charge is 0.194 e. The van der Waals surface area contributed by atoms with Gasteiger partial charge in [-0.05, 0) is 6.92 Å². The van der Waals surface area contributed by atoms with Crippen molar-refractivity contribution in [1.29, 1.82) is 0 Å². The first-order valence-corrected chi connectivity index (χ1v) is 8.86. The maximum atomic E-state index is 4.90. The third kappa shape index (κ3) is 2.56. The van der Waals surface area contributed by atoms with Crippen LogP contribution in [0.15, 0.2) is 35.8 Å². The molecule has 4 nitrogen and oxygen atoms in total. The molecule has 3 heterocycles. The molecule has 1 aromatic carbocycles. The van der Waals surface area contributed by atoms with E-state index in [1.807, 2.05) is 0 Å². The molecule has 1 aliphatic heterocycles. The molecule has 3 N–H and O–H groups in total. The highest BCUT2D eigenvalue weighted by molar-refractivity contribution is 7.15. The van der Waals surface area contributed by atoms with Gasteiger partial charge in [-0.1, -0.05) is 29.8 Å². The average molecular weight is 314 g/mol. The summed E-state index contributed by atoms with van der Waals surface area (Å²) in [7, 11) is 0. The predicted octanol–water partition coefficient (Wildman–Crippen LogP) is 0.333. The third-order valence-electron chi connectivity index (χ3n) is 4.51. The Labute approximate surface area is 134 Å². The number of imidazole rings is 1. The van der Waals surface area contributed by atoms with Gasteiger partial charge in [0.15, 0.2) is 4.96 Å². The number of benzene rings is 1. The second-order valence-electron chi connectivity index (χ2n) is 6.12. The van der Waals surface area contributed by atoms with Crippen LogP contribution in [-0.4, -0.2) is 35.6 Å². The second-order valence-corrected chi connectivity index (χ2v) is 6.99. The largest absolute Gasteiger partial charge is 0.337 e. The molecule has 4 rings (SSSR count). The van der Waals surface area contributed by atoms with Crippen LogP contribution in [0.2, 0.25) is 0 Å². The van der Waals surface area contributed by atoms with Gasteiger partial charge in [0.1, 0.15) is 38.4 Å². The fourth-order valence-corrected chi connectivity index (χ4v) is 3.97. The van der Waals surface area contributed by atoms with E-state index in [1.165, 1.54) is 43.0 Å². The molecule has 0 spiro atoms. The van der Waals surface area contributed by atoms with Crippen molar-refractivity contribution in [2.24, 2.45) is 0 Å². The third-order valence-corrected chi connectivity index (χ3v) is 5.26. The van der Waals surface area contributed by atoms with Crippen LogP contribution < -0.4 is 10.2 Å². The van der Waals surface area contributed by atoms with Gasteiger partial charge in [0, 0.05) is 17.1 Å². The Balaban J connectivity index is 1.75. The molecular weight excluding hydrogens is 292 g/mol. The van der Waals surface area contributed by atoms with Crippen LogP contribution >= 0.6 is 11.3 Å². The maximum Gasteiger partial charge on any atom is 0.194 e. The zero-order valence-corrected chi connectivity index (χ0v) is 13.7. The first-order chi connectivity index (χ1) is 10.8. The Morgan fingerprint density at radius 2 is 2.00 bits per heavy atom. The van der Waals surface area contributed by atoms with Gasteiger partial charge in [-0.2, -0.15) is 0 Å². The summed E-state index contributed by atoms with van der Waals surface area (Å²) < 4.78 is 2.28. The summed E-state index contributed by atoms with van der Waals surface area (Å²) in [6, 6.07) is 8.75. The highest BCUT2D eigenvalue weighted by atomic mass is 32.1. The van der Waals surface area contributed by atoms with Gasteiger partial charge in [-0.25, -0.2) is 4.98 Å². The van der Waals surface area contributed by atoms with Gasteiger partial charge in [-0.3, -0.25) is 4.40 Å². The van der Waals surface area contributed by atoms with Crippen LogP contribution in [0.5, 0.6) is 0 Å². The number of aryl methyl sites for hydroxylation is 1. The van der Waals surface area contributed by atoms with Gasteiger partial charge in [-0.15, -0.1) is 11.3 Å². The first kappa shape index (κ1) is 13.9. The van der Waals surface area contributed by atoms with Gasteiger partial charge in [0.25, 0.3) is 0 Å². The Hall–Kier alpha value is -1.69. The van der Waals surface area contributed by atoms with Crippen molar-refractivity contribution in [3.8, 4) is 11.3 Å². The average Bonchev–Trinajstić information content (AvgIpc) is 3.12. The molecule has 0 bridgehead atoms.